The van der Waals surface area contributed by atoms with Gasteiger partial charge in [0.05, 0.1) is 45.5 Å². The fraction of sp³-hybridized carbons (Fsp3) is 0.526. The lowest BCUT2D eigenvalue weighted by atomic mass is 10.2. The molecular formula is C19H27N4O4S+. The first-order valence-corrected chi connectivity index (χ1v) is 9.94. The number of hydrogen-bond acceptors (Lipinski definition) is 6. The minimum Gasteiger partial charge on any atom is -0.493 e. The first kappa shape index (κ1) is 20.5. The topological polar surface area (TPSA) is 85.6 Å². The predicted octanol–water partition coefficient (Wildman–Crippen LogP) is -0.276. The zero-order chi connectivity index (χ0) is 19.8. The van der Waals surface area contributed by atoms with Gasteiger partial charge in [-0.3, -0.25) is 10.2 Å². The maximum atomic E-state index is 11.8. The lowest BCUT2D eigenvalue weighted by Crippen LogP contribution is -3.14. The van der Waals surface area contributed by atoms with Crippen molar-refractivity contribution in [2.24, 2.45) is 11.0 Å². The zero-order valence-corrected chi connectivity index (χ0v) is 16.8. The SMILES string of the molecule is COc1cc(/C=N\NC(=S)NCC[NH+]2CCOCC2)ccc1OC(=O)C1CC1. The van der Waals surface area contributed by atoms with Crippen LogP contribution < -0.4 is 25.1 Å². The van der Waals surface area contributed by atoms with E-state index in [0.29, 0.717) is 16.6 Å². The molecule has 9 heteroatoms. The van der Waals surface area contributed by atoms with Gasteiger partial charge < -0.3 is 24.4 Å². The van der Waals surface area contributed by atoms with Crippen LogP contribution in [0, 0.1) is 5.92 Å². The van der Waals surface area contributed by atoms with E-state index in [-0.39, 0.29) is 11.9 Å². The van der Waals surface area contributed by atoms with E-state index in [1.165, 1.54) is 4.90 Å². The van der Waals surface area contributed by atoms with Crippen LogP contribution in [0.1, 0.15) is 18.4 Å². The normalized spacial score (nSPS) is 17.3. The summed E-state index contributed by atoms with van der Waals surface area (Å²) in [5.41, 5.74) is 3.61. The lowest BCUT2D eigenvalue weighted by molar-refractivity contribution is -0.906. The summed E-state index contributed by atoms with van der Waals surface area (Å²) >= 11 is 5.23. The number of methoxy groups -OCH3 is 1. The van der Waals surface area contributed by atoms with Crippen LogP contribution in [0.15, 0.2) is 23.3 Å². The number of carbonyl (C=O) groups is 1. The molecular weight excluding hydrogens is 380 g/mol. The Labute approximate surface area is 170 Å². The molecule has 0 bridgehead atoms. The van der Waals surface area contributed by atoms with Gasteiger partial charge in [0, 0.05) is 0 Å². The van der Waals surface area contributed by atoms with E-state index in [9.17, 15) is 4.79 Å². The van der Waals surface area contributed by atoms with E-state index in [4.69, 9.17) is 26.4 Å². The maximum Gasteiger partial charge on any atom is 0.314 e. The number of esters is 1. The summed E-state index contributed by atoms with van der Waals surface area (Å²) in [6.07, 6.45) is 3.44. The van der Waals surface area contributed by atoms with Crippen molar-refractivity contribution in [1.29, 1.82) is 0 Å². The second-order valence-corrected chi connectivity index (χ2v) is 7.25. The molecule has 1 heterocycles. The molecule has 28 heavy (non-hydrogen) atoms. The summed E-state index contributed by atoms with van der Waals surface area (Å²) in [5, 5.41) is 7.77. The van der Waals surface area contributed by atoms with Crippen LogP contribution in [-0.4, -0.2) is 63.8 Å². The van der Waals surface area contributed by atoms with Crippen molar-refractivity contribution in [2.45, 2.75) is 12.8 Å². The number of rotatable bonds is 8. The first-order chi connectivity index (χ1) is 13.7. The molecule has 0 spiro atoms. The number of carbonyl (C=O) groups excluding carboxylic acids is 1. The van der Waals surface area contributed by atoms with Crippen molar-refractivity contribution in [3.05, 3.63) is 23.8 Å². The number of hydrogen-bond donors (Lipinski definition) is 3. The van der Waals surface area contributed by atoms with E-state index in [1.807, 2.05) is 6.07 Å². The summed E-state index contributed by atoms with van der Waals surface area (Å²) in [6, 6.07) is 5.28. The molecule has 0 aromatic heterocycles. The standard InChI is InChI=1S/C19H26N4O4S/c1-25-17-12-14(2-5-16(17)27-18(24)15-3-4-15)13-21-22-19(28)20-6-7-23-8-10-26-11-9-23/h2,5,12-13,15H,3-4,6-11H2,1H3,(H2,20,22,28)/p+1/b21-13-. The Bertz CT molecular complexity index is 718. The second-order valence-electron chi connectivity index (χ2n) is 6.84. The highest BCUT2D eigenvalue weighted by Gasteiger charge is 2.32. The Morgan fingerprint density at radius 2 is 2.14 bits per heavy atom. The third kappa shape index (κ3) is 6.43. The van der Waals surface area contributed by atoms with Crippen LogP contribution in [0.2, 0.25) is 0 Å². The summed E-state index contributed by atoms with van der Waals surface area (Å²) in [6.45, 7) is 5.50. The Hall–Kier alpha value is -2.23. The molecule has 3 N–H and O–H groups in total. The monoisotopic (exact) mass is 407 g/mol. The van der Waals surface area contributed by atoms with E-state index in [2.05, 4.69) is 15.8 Å². The van der Waals surface area contributed by atoms with Gasteiger partial charge in [-0.2, -0.15) is 5.10 Å². The molecule has 0 radical (unpaired) electrons. The van der Waals surface area contributed by atoms with Crippen molar-refractivity contribution >= 4 is 29.5 Å². The number of thiocarbonyl (C=S) groups is 1. The van der Waals surface area contributed by atoms with Gasteiger partial charge in [-0.05, 0) is 48.8 Å². The van der Waals surface area contributed by atoms with Crippen molar-refractivity contribution in [3.63, 3.8) is 0 Å². The summed E-state index contributed by atoms with van der Waals surface area (Å²) in [4.78, 5) is 13.3. The Balaban J connectivity index is 1.42. The molecule has 2 aliphatic rings. The molecule has 1 aliphatic carbocycles. The van der Waals surface area contributed by atoms with Crippen molar-refractivity contribution < 1.29 is 23.9 Å². The van der Waals surface area contributed by atoms with Gasteiger partial charge in [-0.15, -0.1) is 0 Å². The van der Waals surface area contributed by atoms with Gasteiger partial charge in [-0.1, -0.05) is 0 Å². The Morgan fingerprint density at radius 3 is 2.86 bits per heavy atom. The fourth-order valence-electron chi connectivity index (χ4n) is 2.83. The summed E-state index contributed by atoms with van der Waals surface area (Å²) in [5.74, 6) is 0.754. The van der Waals surface area contributed by atoms with E-state index in [1.54, 1.807) is 25.5 Å². The third-order valence-electron chi connectivity index (χ3n) is 4.65. The molecule has 8 nitrogen and oxygen atoms in total. The molecule has 1 aromatic rings. The highest BCUT2D eigenvalue weighted by atomic mass is 32.1. The van der Waals surface area contributed by atoms with Crippen LogP contribution in [-0.2, 0) is 9.53 Å². The zero-order valence-electron chi connectivity index (χ0n) is 16.0. The molecule has 1 saturated heterocycles. The van der Waals surface area contributed by atoms with Crippen LogP contribution >= 0.6 is 12.2 Å². The maximum absolute atomic E-state index is 11.8. The van der Waals surface area contributed by atoms with Crippen molar-refractivity contribution in [1.82, 2.24) is 10.7 Å². The quantitative estimate of drug-likeness (QED) is 0.180. The summed E-state index contributed by atoms with van der Waals surface area (Å²) in [7, 11) is 1.54. The van der Waals surface area contributed by atoms with Crippen molar-refractivity contribution in [2.75, 3.05) is 46.5 Å². The Kier molecular flexibility index (Phi) is 7.58. The molecule has 1 aromatic carbocycles. The second kappa shape index (κ2) is 10.4. The molecule has 152 valence electrons. The van der Waals surface area contributed by atoms with Crippen LogP contribution in [0.5, 0.6) is 11.5 Å². The molecule has 1 saturated carbocycles. The van der Waals surface area contributed by atoms with Gasteiger partial charge in [0.2, 0.25) is 0 Å². The molecule has 0 atom stereocenters. The van der Waals surface area contributed by atoms with Gasteiger partial charge >= 0.3 is 5.97 Å². The number of morpholine rings is 1. The first-order valence-electron chi connectivity index (χ1n) is 9.53. The van der Waals surface area contributed by atoms with Crippen LogP contribution in [0.3, 0.4) is 0 Å². The van der Waals surface area contributed by atoms with Crippen LogP contribution in [0.4, 0.5) is 0 Å². The van der Waals surface area contributed by atoms with Gasteiger partial charge in [0.15, 0.2) is 16.6 Å². The van der Waals surface area contributed by atoms with Crippen molar-refractivity contribution in [3.8, 4) is 11.5 Å². The fourth-order valence-corrected chi connectivity index (χ4v) is 2.98. The minimum absolute atomic E-state index is 0.0357. The lowest BCUT2D eigenvalue weighted by Gasteiger charge is -2.23. The number of quaternary nitrogens is 1. The predicted molar refractivity (Wildman–Crippen MR) is 109 cm³/mol. The smallest absolute Gasteiger partial charge is 0.314 e. The van der Waals surface area contributed by atoms with Gasteiger partial charge in [0.25, 0.3) is 0 Å². The largest absolute Gasteiger partial charge is 0.493 e. The third-order valence-corrected chi connectivity index (χ3v) is 4.89. The van der Waals surface area contributed by atoms with Crippen LogP contribution in [0.25, 0.3) is 0 Å². The molecule has 2 fully saturated rings. The number of benzene rings is 1. The number of nitrogens with zero attached hydrogens (tertiary/aromatic N) is 1. The van der Waals surface area contributed by atoms with E-state index < -0.39 is 0 Å². The Morgan fingerprint density at radius 1 is 1.36 bits per heavy atom. The number of nitrogens with one attached hydrogen (secondary N) is 3. The van der Waals surface area contributed by atoms with E-state index in [0.717, 1.165) is 57.8 Å². The molecule has 0 amide bonds. The van der Waals surface area contributed by atoms with Gasteiger partial charge in [0.1, 0.15) is 13.1 Å². The highest BCUT2D eigenvalue weighted by Crippen LogP contribution is 2.34. The van der Waals surface area contributed by atoms with E-state index >= 15 is 0 Å². The van der Waals surface area contributed by atoms with Gasteiger partial charge in [-0.25, -0.2) is 0 Å². The molecule has 3 rings (SSSR count). The average molecular weight is 408 g/mol. The summed E-state index contributed by atoms with van der Waals surface area (Å²) < 4.78 is 16.1. The average Bonchev–Trinajstić information content (AvgIpc) is 3.55. The highest BCUT2D eigenvalue weighted by molar-refractivity contribution is 7.80. The molecule has 0 unspecified atom stereocenters. The minimum atomic E-state index is -0.197. The molecule has 1 aliphatic heterocycles. The number of ether oxygens (including phenoxy) is 3. The number of hydrazone groups is 1.